The van der Waals surface area contributed by atoms with Crippen LogP contribution >= 0.6 is 14.3 Å². The van der Waals surface area contributed by atoms with Crippen LogP contribution in [-0.4, -0.2) is 23.6 Å². The molecule has 4 aromatic rings. The fraction of sp³-hybridized carbons (Fsp3) is 0.107. The average molecular weight is 504 g/mol. The first-order valence-corrected chi connectivity index (χ1v) is 15.1. The maximum atomic E-state index is 13.1. The molecule has 0 heterocycles. The predicted molar refractivity (Wildman–Crippen MR) is 149 cm³/mol. The van der Waals surface area contributed by atoms with E-state index in [0.717, 1.165) is 21.2 Å². The molecule has 0 bridgehead atoms. The minimum absolute atomic E-state index is 0.291. The molecular formula is C28H27NO2P2S. The summed E-state index contributed by atoms with van der Waals surface area (Å²) in [6.07, 6.45) is -2.65. The first-order valence-electron chi connectivity index (χ1n) is 11.1. The molecule has 34 heavy (non-hydrogen) atoms. The molecule has 4 rings (SSSR count). The summed E-state index contributed by atoms with van der Waals surface area (Å²) in [5, 5.41) is 4.37. The maximum Gasteiger partial charge on any atom is 0.323 e. The summed E-state index contributed by atoms with van der Waals surface area (Å²) in [6.45, 7) is 1.92. The van der Waals surface area contributed by atoms with Gasteiger partial charge < -0.3 is 4.74 Å². The predicted octanol–water partition coefficient (Wildman–Crippen LogP) is 4.94. The van der Waals surface area contributed by atoms with Gasteiger partial charge in [0, 0.05) is 18.7 Å². The highest BCUT2D eigenvalue weighted by atomic mass is 32.4. The van der Waals surface area contributed by atoms with E-state index in [1.165, 1.54) is 7.11 Å². The Morgan fingerprint density at radius 3 is 1.44 bits per heavy atom. The van der Waals surface area contributed by atoms with Gasteiger partial charge in [-0.2, -0.15) is 0 Å². The van der Waals surface area contributed by atoms with Gasteiger partial charge in [-0.3, -0.25) is 4.79 Å². The quantitative estimate of drug-likeness (QED) is 0.252. The Morgan fingerprint density at radius 1 is 0.735 bits per heavy atom. The van der Waals surface area contributed by atoms with Crippen molar-refractivity contribution in [3.8, 4) is 0 Å². The molecule has 3 nitrogen and oxygen atoms in total. The summed E-state index contributed by atoms with van der Waals surface area (Å²) >= 11 is 6.72. The lowest BCUT2D eigenvalue weighted by Gasteiger charge is -2.44. The topological polar surface area (TPSA) is 29.5 Å². The van der Waals surface area contributed by atoms with Crippen LogP contribution in [-0.2, 0) is 21.3 Å². The Morgan fingerprint density at radius 2 is 1.09 bits per heavy atom. The van der Waals surface area contributed by atoms with Gasteiger partial charge in [0.25, 0.3) is 0 Å². The van der Waals surface area contributed by atoms with Crippen LogP contribution in [0.3, 0.4) is 0 Å². The molecule has 172 valence electrons. The summed E-state index contributed by atoms with van der Waals surface area (Å²) in [4.78, 5) is 13.1. The zero-order valence-electron chi connectivity index (χ0n) is 19.2. The molecular weight excluding hydrogens is 476 g/mol. The number of ether oxygens (including phenoxy) is 1. The van der Waals surface area contributed by atoms with Crippen LogP contribution in [0.2, 0.25) is 0 Å². The lowest BCUT2D eigenvalue weighted by Crippen LogP contribution is -2.43. The van der Waals surface area contributed by atoms with Gasteiger partial charge >= 0.3 is 5.97 Å². The first-order chi connectivity index (χ1) is 16.6. The second-order valence-electron chi connectivity index (χ2n) is 7.75. The van der Waals surface area contributed by atoms with E-state index in [1.54, 1.807) is 0 Å². The number of esters is 1. The van der Waals surface area contributed by atoms with E-state index >= 15 is 0 Å². The number of benzene rings is 4. The average Bonchev–Trinajstić information content (AvgIpc) is 2.92. The summed E-state index contributed by atoms with van der Waals surface area (Å²) in [5.74, 6) is -0.291. The van der Waals surface area contributed by atoms with Gasteiger partial charge in [0.15, 0.2) is 0 Å². The largest absolute Gasteiger partial charge is 0.468 e. The number of hydrogen-bond donors (Lipinski definition) is 0. The third-order valence-electron chi connectivity index (χ3n) is 5.60. The van der Waals surface area contributed by atoms with Crippen LogP contribution in [0.25, 0.3) is 0 Å². The molecule has 0 amide bonds. The van der Waals surface area contributed by atoms with Crippen molar-refractivity contribution in [2.45, 2.75) is 13.0 Å². The number of hydrogen-bond acceptors (Lipinski definition) is 3. The summed E-state index contributed by atoms with van der Waals surface area (Å²) in [5.41, 5.74) is 0. The van der Waals surface area contributed by atoms with Gasteiger partial charge in [0.1, 0.15) is 6.04 Å². The minimum Gasteiger partial charge on any atom is -0.468 e. The number of carbonyl (C=O) groups is 1. The van der Waals surface area contributed by atoms with Gasteiger partial charge in [0.05, 0.1) is 13.3 Å². The van der Waals surface area contributed by atoms with E-state index < -0.39 is 20.3 Å². The highest BCUT2D eigenvalue weighted by Crippen LogP contribution is 2.61. The van der Waals surface area contributed by atoms with Crippen LogP contribution in [0.1, 0.15) is 6.92 Å². The normalized spacial score (nSPS) is 12.5. The molecule has 0 aliphatic heterocycles. The van der Waals surface area contributed by atoms with Crippen LogP contribution < -0.4 is 21.2 Å². The van der Waals surface area contributed by atoms with Crippen molar-refractivity contribution < 1.29 is 9.53 Å². The van der Waals surface area contributed by atoms with E-state index in [4.69, 9.17) is 16.5 Å². The van der Waals surface area contributed by atoms with Gasteiger partial charge in [-0.05, 0) is 17.5 Å². The highest BCUT2D eigenvalue weighted by molar-refractivity contribution is 8.22. The molecule has 0 saturated carbocycles. The van der Waals surface area contributed by atoms with Crippen molar-refractivity contribution in [2.24, 2.45) is 0 Å². The Kier molecular flexibility index (Phi) is 8.08. The van der Waals surface area contributed by atoms with E-state index in [-0.39, 0.29) is 5.97 Å². The zero-order valence-corrected chi connectivity index (χ0v) is 21.8. The Labute approximate surface area is 208 Å². The molecule has 0 saturated heterocycles. The molecule has 0 aromatic heterocycles. The molecule has 6 heteroatoms. The fourth-order valence-corrected chi connectivity index (χ4v) is 12.7. The van der Waals surface area contributed by atoms with Crippen molar-refractivity contribution in [1.29, 1.82) is 0 Å². The van der Waals surface area contributed by atoms with E-state index in [1.807, 2.05) is 79.7 Å². The Balaban J connectivity index is 2.06. The fourth-order valence-electron chi connectivity index (χ4n) is 3.98. The van der Waals surface area contributed by atoms with E-state index in [0.29, 0.717) is 0 Å². The van der Waals surface area contributed by atoms with Crippen molar-refractivity contribution in [3.05, 3.63) is 121 Å². The van der Waals surface area contributed by atoms with Crippen molar-refractivity contribution >= 4 is 53.3 Å². The maximum absolute atomic E-state index is 13.1. The molecule has 0 aliphatic rings. The molecule has 0 unspecified atom stereocenters. The van der Waals surface area contributed by atoms with Crippen molar-refractivity contribution in [2.75, 3.05) is 7.11 Å². The monoisotopic (exact) mass is 503 g/mol. The second kappa shape index (κ2) is 11.2. The smallest absolute Gasteiger partial charge is 0.323 e. The summed E-state index contributed by atoms with van der Waals surface area (Å²) < 4.78 is 7.57. The lowest BCUT2D eigenvalue weighted by molar-refractivity contribution is -0.143. The van der Waals surface area contributed by atoms with E-state index in [2.05, 4.69) is 53.0 Å². The molecule has 0 radical (unpaired) electrons. The van der Waals surface area contributed by atoms with Gasteiger partial charge in [0.2, 0.25) is 0 Å². The molecule has 0 fully saturated rings. The first kappa shape index (κ1) is 24.5. The zero-order chi connectivity index (χ0) is 24.0. The van der Waals surface area contributed by atoms with Crippen LogP contribution in [0.5, 0.6) is 0 Å². The number of rotatable bonds is 8. The Hall–Kier alpha value is -2.61. The number of carbonyl (C=O) groups excluding carboxylic acids is 1. The lowest BCUT2D eigenvalue weighted by atomic mass is 10.4. The number of nitrogens with zero attached hydrogens (tertiary/aromatic N) is 1. The molecule has 4 aromatic carbocycles. The third-order valence-corrected chi connectivity index (χ3v) is 14.3. The molecule has 0 aliphatic carbocycles. The minimum atomic E-state index is -2.65. The van der Waals surface area contributed by atoms with Gasteiger partial charge in [-0.1, -0.05) is 133 Å². The standard InChI is InChI=1S/C28H27NO2P2S/c1-23(28(30)31-2)29(32(24-15-7-3-8-16-24)25-17-9-4-10-18-25)33(34,26-19-11-5-12-20-26)27-21-13-6-14-22-27/h3-23H,1-2H3/t23-/m0/s1. The van der Waals surface area contributed by atoms with Crippen molar-refractivity contribution in [3.63, 3.8) is 0 Å². The van der Waals surface area contributed by atoms with Crippen molar-refractivity contribution in [1.82, 2.24) is 4.44 Å². The van der Waals surface area contributed by atoms with Crippen LogP contribution in [0.15, 0.2) is 121 Å². The van der Waals surface area contributed by atoms with Gasteiger partial charge in [-0.15, -0.1) is 0 Å². The highest BCUT2D eigenvalue weighted by Gasteiger charge is 2.42. The van der Waals surface area contributed by atoms with Crippen LogP contribution in [0.4, 0.5) is 0 Å². The summed E-state index contributed by atoms with van der Waals surface area (Å²) in [6, 6.07) is 40.6. The van der Waals surface area contributed by atoms with Crippen LogP contribution in [0, 0.1) is 0 Å². The Bertz CT molecular complexity index is 1170. The summed E-state index contributed by atoms with van der Waals surface area (Å²) in [7, 11) is 0.294. The second-order valence-corrected chi connectivity index (χ2v) is 14.4. The molecule has 0 N–H and O–H groups in total. The molecule has 0 spiro atoms. The van der Waals surface area contributed by atoms with Gasteiger partial charge in [-0.25, -0.2) is 4.44 Å². The van der Waals surface area contributed by atoms with E-state index in [9.17, 15) is 4.79 Å². The third kappa shape index (κ3) is 4.92. The SMILES string of the molecule is COC(=O)[C@H](C)N(P(c1ccccc1)c1ccccc1)P(=S)(c1ccccc1)c1ccccc1. The number of methoxy groups -OCH3 is 1. The molecule has 1 atom stereocenters.